The summed E-state index contributed by atoms with van der Waals surface area (Å²) >= 11 is 3.36. The third-order valence-corrected chi connectivity index (χ3v) is 4.68. The van der Waals surface area contributed by atoms with E-state index in [1.165, 1.54) is 0 Å². The lowest BCUT2D eigenvalue weighted by Crippen LogP contribution is -2.41. The third-order valence-electron chi connectivity index (χ3n) is 3.99. The Hall–Kier alpha value is -1.40. The minimum absolute atomic E-state index is 0.274. The molecule has 1 aromatic carbocycles. The van der Waals surface area contributed by atoms with Crippen molar-refractivity contribution in [1.29, 1.82) is 0 Å². The van der Waals surface area contributed by atoms with Gasteiger partial charge in [-0.15, -0.1) is 0 Å². The third kappa shape index (κ3) is 2.23. The number of benzene rings is 1. The average Bonchev–Trinajstić information content (AvgIpc) is 3.01. The van der Waals surface area contributed by atoms with Gasteiger partial charge < -0.3 is 15.2 Å². The van der Waals surface area contributed by atoms with Gasteiger partial charge in [-0.3, -0.25) is 9.59 Å². The van der Waals surface area contributed by atoms with Crippen molar-refractivity contribution in [2.45, 2.75) is 25.0 Å². The Bertz CT molecular complexity index is 562. The molecule has 0 spiro atoms. The standard InChI is InChI=1S/C14H14BrNO4/c15-7-3-1-2-4-8(7)16-13(17)11-9-5-6-10(20-9)12(11)14(18)19/h1-4,9-12H,5-6H2,(H,16,17)(H,18,19)/t9-,10+,11-,12-/m0/s1. The van der Waals surface area contributed by atoms with E-state index in [1.54, 1.807) is 6.07 Å². The van der Waals surface area contributed by atoms with Crippen LogP contribution in [0.3, 0.4) is 0 Å². The first-order valence-electron chi connectivity index (χ1n) is 6.51. The fourth-order valence-electron chi connectivity index (χ4n) is 3.10. The largest absolute Gasteiger partial charge is 0.481 e. The smallest absolute Gasteiger partial charge is 0.310 e. The lowest BCUT2D eigenvalue weighted by atomic mass is 9.78. The van der Waals surface area contributed by atoms with Gasteiger partial charge in [0.15, 0.2) is 0 Å². The maximum atomic E-state index is 12.4. The number of hydrogen-bond acceptors (Lipinski definition) is 3. The lowest BCUT2D eigenvalue weighted by Gasteiger charge is -2.24. The molecule has 6 heteroatoms. The molecule has 5 nitrogen and oxygen atoms in total. The molecule has 1 aromatic rings. The molecule has 20 heavy (non-hydrogen) atoms. The first-order chi connectivity index (χ1) is 9.58. The Kier molecular flexibility index (Phi) is 3.52. The van der Waals surface area contributed by atoms with Crippen LogP contribution in [0.4, 0.5) is 5.69 Å². The minimum Gasteiger partial charge on any atom is -0.481 e. The zero-order valence-corrected chi connectivity index (χ0v) is 12.2. The van der Waals surface area contributed by atoms with Crippen LogP contribution in [0.25, 0.3) is 0 Å². The maximum absolute atomic E-state index is 12.4. The first kappa shape index (κ1) is 13.6. The van der Waals surface area contributed by atoms with Gasteiger partial charge in [0.05, 0.1) is 29.7 Å². The van der Waals surface area contributed by atoms with Crippen LogP contribution in [0.5, 0.6) is 0 Å². The van der Waals surface area contributed by atoms with Gasteiger partial charge in [-0.2, -0.15) is 0 Å². The highest BCUT2D eigenvalue weighted by atomic mass is 79.9. The summed E-state index contributed by atoms with van der Waals surface area (Å²) in [6.07, 6.45) is 0.874. The molecule has 1 amide bonds. The number of carbonyl (C=O) groups excluding carboxylic acids is 1. The van der Waals surface area contributed by atoms with Gasteiger partial charge in [-0.25, -0.2) is 0 Å². The number of para-hydroxylation sites is 1. The summed E-state index contributed by atoms with van der Waals surface area (Å²) in [5.41, 5.74) is 0.643. The summed E-state index contributed by atoms with van der Waals surface area (Å²) in [5.74, 6) is -2.59. The molecule has 2 aliphatic rings. The summed E-state index contributed by atoms with van der Waals surface area (Å²) < 4.78 is 6.36. The number of hydrogen-bond donors (Lipinski definition) is 2. The molecule has 0 aromatic heterocycles. The van der Waals surface area contributed by atoms with Crippen LogP contribution in [-0.2, 0) is 14.3 Å². The van der Waals surface area contributed by atoms with Crippen molar-refractivity contribution < 1.29 is 19.4 Å². The fraction of sp³-hybridized carbons (Fsp3) is 0.429. The molecule has 0 radical (unpaired) electrons. The molecule has 2 saturated heterocycles. The molecule has 2 bridgehead atoms. The van der Waals surface area contributed by atoms with Crippen LogP contribution >= 0.6 is 15.9 Å². The van der Waals surface area contributed by atoms with Gasteiger partial charge in [0.2, 0.25) is 5.91 Å². The van der Waals surface area contributed by atoms with E-state index in [2.05, 4.69) is 21.2 Å². The lowest BCUT2D eigenvalue weighted by molar-refractivity contribution is -0.147. The van der Waals surface area contributed by atoms with Gasteiger partial charge >= 0.3 is 5.97 Å². The summed E-state index contributed by atoms with van der Waals surface area (Å²) in [6, 6.07) is 7.25. The number of halogens is 1. The minimum atomic E-state index is -0.954. The van der Waals surface area contributed by atoms with Crippen molar-refractivity contribution in [2.75, 3.05) is 5.32 Å². The summed E-state index contributed by atoms with van der Waals surface area (Å²) in [5, 5.41) is 12.1. The average molecular weight is 340 g/mol. The summed E-state index contributed by atoms with van der Waals surface area (Å²) in [6.45, 7) is 0. The maximum Gasteiger partial charge on any atom is 0.310 e. The Morgan fingerprint density at radius 3 is 2.50 bits per heavy atom. The van der Waals surface area contributed by atoms with E-state index in [0.717, 1.165) is 17.3 Å². The number of nitrogens with one attached hydrogen (secondary N) is 1. The highest BCUT2D eigenvalue weighted by Crippen LogP contribution is 2.44. The van der Waals surface area contributed by atoms with Crippen LogP contribution in [0.1, 0.15) is 12.8 Å². The fourth-order valence-corrected chi connectivity index (χ4v) is 3.49. The van der Waals surface area contributed by atoms with E-state index in [4.69, 9.17) is 4.74 Å². The predicted molar refractivity (Wildman–Crippen MR) is 75.3 cm³/mol. The number of aliphatic carboxylic acids is 1. The van der Waals surface area contributed by atoms with E-state index < -0.39 is 17.8 Å². The molecule has 2 heterocycles. The normalized spacial score (nSPS) is 31.2. The van der Waals surface area contributed by atoms with Gasteiger partial charge in [0, 0.05) is 4.47 Å². The zero-order chi connectivity index (χ0) is 14.3. The van der Waals surface area contributed by atoms with Gasteiger partial charge in [-0.05, 0) is 40.9 Å². The number of rotatable bonds is 3. The second-order valence-electron chi connectivity index (χ2n) is 5.15. The van der Waals surface area contributed by atoms with Crippen LogP contribution in [-0.4, -0.2) is 29.2 Å². The highest BCUT2D eigenvalue weighted by molar-refractivity contribution is 9.10. The second kappa shape index (κ2) is 5.18. The van der Waals surface area contributed by atoms with Crippen molar-refractivity contribution in [1.82, 2.24) is 0 Å². The monoisotopic (exact) mass is 339 g/mol. The van der Waals surface area contributed by atoms with Crippen LogP contribution < -0.4 is 5.32 Å². The number of amides is 1. The van der Waals surface area contributed by atoms with Gasteiger partial charge in [0.1, 0.15) is 0 Å². The number of anilines is 1. The van der Waals surface area contributed by atoms with Gasteiger partial charge in [-0.1, -0.05) is 12.1 Å². The van der Waals surface area contributed by atoms with Crippen LogP contribution in [0.15, 0.2) is 28.7 Å². The molecule has 0 aliphatic carbocycles. The van der Waals surface area contributed by atoms with E-state index in [0.29, 0.717) is 5.69 Å². The number of fused-ring (bicyclic) bond motifs is 2. The van der Waals surface area contributed by atoms with Crippen LogP contribution in [0, 0.1) is 11.8 Å². The molecule has 0 unspecified atom stereocenters. The van der Waals surface area contributed by atoms with Crippen molar-refractivity contribution in [3.8, 4) is 0 Å². The molecular formula is C14H14BrNO4. The number of ether oxygens (including phenoxy) is 1. The predicted octanol–water partition coefficient (Wildman–Crippen LogP) is 2.27. The molecule has 3 rings (SSSR count). The second-order valence-corrected chi connectivity index (χ2v) is 6.00. The Labute approximate surface area is 124 Å². The van der Waals surface area contributed by atoms with Crippen molar-refractivity contribution in [3.63, 3.8) is 0 Å². The zero-order valence-electron chi connectivity index (χ0n) is 10.6. The van der Waals surface area contributed by atoms with Crippen molar-refractivity contribution >= 4 is 33.5 Å². The Morgan fingerprint density at radius 2 is 1.85 bits per heavy atom. The van der Waals surface area contributed by atoms with Crippen LogP contribution in [0.2, 0.25) is 0 Å². The van der Waals surface area contributed by atoms with E-state index in [9.17, 15) is 14.7 Å². The quantitative estimate of drug-likeness (QED) is 0.885. The topological polar surface area (TPSA) is 75.6 Å². The number of carboxylic acid groups (broad SMARTS) is 1. The summed E-state index contributed by atoms with van der Waals surface area (Å²) in [4.78, 5) is 23.8. The molecule has 0 saturated carbocycles. The Balaban J connectivity index is 1.80. The first-order valence-corrected chi connectivity index (χ1v) is 7.31. The number of carbonyl (C=O) groups is 2. The molecule has 2 aliphatic heterocycles. The van der Waals surface area contributed by atoms with Crippen molar-refractivity contribution in [3.05, 3.63) is 28.7 Å². The molecule has 106 valence electrons. The van der Waals surface area contributed by atoms with E-state index >= 15 is 0 Å². The highest BCUT2D eigenvalue weighted by Gasteiger charge is 2.55. The molecule has 2 fully saturated rings. The Morgan fingerprint density at radius 1 is 1.20 bits per heavy atom. The molecule has 2 N–H and O–H groups in total. The summed E-state index contributed by atoms with van der Waals surface area (Å²) in [7, 11) is 0. The SMILES string of the molecule is O=C(Nc1ccccc1Br)[C@@H]1[C@@H](C(=O)O)[C@H]2CC[C@@H]1O2. The van der Waals surface area contributed by atoms with E-state index in [1.807, 2.05) is 18.2 Å². The molecule has 4 atom stereocenters. The number of carboxylic acids is 1. The van der Waals surface area contributed by atoms with Crippen molar-refractivity contribution in [2.24, 2.45) is 11.8 Å². The molecular weight excluding hydrogens is 326 g/mol. The van der Waals surface area contributed by atoms with E-state index in [-0.39, 0.29) is 18.1 Å². The van der Waals surface area contributed by atoms with Gasteiger partial charge in [0.25, 0.3) is 0 Å².